The van der Waals surface area contributed by atoms with Crippen molar-refractivity contribution in [2.75, 3.05) is 7.11 Å². The summed E-state index contributed by atoms with van der Waals surface area (Å²) in [6.45, 7) is 6.68. The van der Waals surface area contributed by atoms with Gasteiger partial charge in [0.2, 0.25) is 0 Å². The Morgan fingerprint density at radius 1 is 1.29 bits per heavy atom. The lowest BCUT2D eigenvalue weighted by Crippen LogP contribution is -2.29. The average Bonchev–Trinajstić information content (AvgIpc) is 2.77. The fourth-order valence-corrected chi connectivity index (χ4v) is 2.56. The van der Waals surface area contributed by atoms with Crippen LogP contribution in [0.15, 0.2) is 12.4 Å². The van der Waals surface area contributed by atoms with Crippen molar-refractivity contribution in [3.8, 4) is 0 Å². The Kier molecular flexibility index (Phi) is 3.57. The highest BCUT2D eigenvalue weighted by Crippen LogP contribution is 2.31. The summed E-state index contributed by atoms with van der Waals surface area (Å²) in [6.07, 6.45) is 9.44. The first kappa shape index (κ1) is 12.6. The monoisotopic (exact) mass is 236 g/mol. The van der Waals surface area contributed by atoms with Crippen molar-refractivity contribution in [3.63, 3.8) is 0 Å². The van der Waals surface area contributed by atoms with Gasteiger partial charge in [0.15, 0.2) is 0 Å². The molecule has 1 aromatic heterocycles. The first-order valence-corrected chi connectivity index (χ1v) is 6.60. The molecule has 1 aliphatic carbocycles. The molecular weight excluding hydrogens is 212 g/mol. The quantitative estimate of drug-likeness (QED) is 0.787. The molecule has 2 unspecified atom stereocenters. The molecule has 2 rings (SSSR count). The van der Waals surface area contributed by atoms with Crippen LogP contribution in [-0.4, -0.2) is 23.0 Å². The number of aromatic nitrogens is 2. The van der Waals surface area contributed by atoms with Gasteiger partial charge >= 0.3 is 0 Å². The van der Waals surface area contributed by atoms with Crippen LogP contribution in [0.3, 0.4) is 0 Å². The molecule has 0 bridgehead atoms. The van der Waals surface area contributed by atoms with E-state index in [2.05, 4.69) is 36.7 Å². The van der Waals surface area contributed by atoms with E-state index >= 15 is 0 Å². The van der Waals surface area contributed by atoms with Crippen LogP contribution in [0.2, 0.25) is 0 Å². The molecule has 0 N–H and O–H groups in total. The predicted molar refractivity (Wildman–Crippen MR) is 69.2 cm³/mol. The molecule has 0 aliphatic heterocycles. The molecule has 0 spiro atoms. The lowest BCUT2D eigenvalue weighted by molar-refractivity contribution is 0.0245. The van der Waals surface area contributed by atoms with Crippen LogP contribution in [0.25, 0.3) is 0 Å². The standard InChI is InChI=1S/C14H24N2O/c1-14(2,3)11-9-15-16(10-11)12-7-5-6-8-13(12)17-4/h9-10,12-13H,5-8H2,1-4H3. The maximum atomic E-state index is 5.59. The number of ether oxygens (including phenoxy) is 1. The van der Waals surface area contributed by atoms with E-state index in [0.29, 0.717) is 12.1 Å². The van der Waals surface area contributed by atoms with Gasteiger partial charge in [0.1, 0.15) is 0 Å². The third-order valence-electron chi connectivity index (χ3n) is 3.78. The summed E-state index contributed by atoms with van der Waals surface area (Å²) < 4.78 is 7.71. The predicted octanol–water partition coefficient (Wildman–Crippen LogP) is 3.31. The second-order valence-electron chi connectivity index (χ2n) is 6.08. The normalized spacial score (nSPS) is 26.1. The zero-order valence-corrected chi connectivity index (χ0v) is 11.4. The number of rotatable bonds is 2. The Hall–Kier alpha value is -0.830. The van der Waals surface area contributed by atoms with Gasteiger partial charge in [-0.3, -0.25) is 4.68 Å². The van der Waals surface area contributed by atoms with E-state index in [0.717, 1.165) is 6.42 Å². The van der Waals surface area contributed by atoms with E-state index in [-0.39, 0.29) is 5.41 Å². The topological polar surface area (TPSA) is 27.1 Å². The summed E-state index contributed by atoms with van der Waals surface area (Å²) in [5.41, 5.74) is 1.48. The molecule has 1 saturated carbocycles. The van der Waals surface area contributed by atoms with Gasteiger partial charge in [0.25, 0.3) is 0 Å². The van der Waals surface area contributed by atoms with Crippen LogP contribution in [0.5, 0.6) is 0 Å². The first-order chi connectivity index (χ1) is 8.02. The molecule has 1 aliphatic rings. The minimum Gasteiger partial charge on any atom is -0.379 e. The molecule has 1 heterocycles. The summed E-state index contributed by atoms with van der Waals surface area (Å²) in [7, 11) is 1.82. The Balaban J connectivity index is 2.18. The number of hydrogen-bond acceptors (Lipinski definition) is 2. The van der Waals surface area contributed by atoms with E-state index in [9.17, 15) is 0 Å². The van der Waals surface area contributed by atoms with Gasteiger partial charge in [-0.2, -0.15) is 5.10 Å². The molecule has 17 heavy (non-hydrogen) atoms. The Morgan fingerprint density at radius 3 is 2.59 bits per heavy atom. The lowest BCUT2D eigenvalue weighted by Gasteiger charge is -2.30. The van der Waals surface area contributed by atoms with E-state index in [1.165, 1.54) is 24.8 Å². The van der Waals surface area contributed by atoms with Crippen molar-refractivity contribution in [1.82, 2.24) is 9.78 Å². The molecule has 0 radical (unpaired) electrons. The molecule has 3 nitrogen and oxygen atoms in total. The highest BCUT2D eigenvalue weighted by Gasteiger charge is 2.28. The highest BCUT2D eigenvalue weighted by molar-refractivity contribution is 5.15. The van der Waals surface area contributed by atoms with Crippen LogP contribution in [0.1, 0.15) is 58.1 Å². The minimum absolute atomic E-state index is 0.176. The molecule has 1 fully saturated rings. The third-order valence-corrected chi connectivity index (χ3v) is 3.78. The number of methoxy groups -OCH3 is 1. The van der Waals surface area contributed by atoms with Crippen LogP contribution in [0.4, 0.5) is 0 Å². The van der Waals surface area contributed by atoms with Gasteiger partial charge in [-0.25, -0.2) is 0 Å². The lowest BCUT2D eigenvalue weighted by atomic mass is 9.89. The fraction of sp³-hybridized carbons (Fsp3) is 0.786. The Labute approximate surface area is 104 Å². The smallest absolute Gasteiger partial charge is 0.0795 e. The van der Waals surface area contributed by atoms with Gasteiger partial charge in [-0.15, -0.1) is 0 Å². The van der Waals surface area contributed by atoms with Crippen molar-refractivity contribution in [1.29, 1.82) is 0 Å². The maximum absolute atomic E-state index is 5.59. The molecule has 96 valence electrons. The van der Waals surface area contributed by atoms with Crippen molar-refractivity contribution in [3.05, 3.63) is 18.0 Å². The van der Waals surface area contributed by atoms with Gasteiger partial charge in [-0.05, 0) is 23.8 Å². The van der Waals surface area contributed by atoms with Crippen LogP contribution < -0.4 is 0 Å². The third kappa shape index (κ3) is 2.71. The largest absolute Gasteiger partial charge is 0.379 e. The van der Waals surface area contributed by atoms with Gasteiger partial charge in [0, 0.05) is 13.3 Å². The van der Waals surface area contributed by atoms with E-state index in [1.54, 1.807) is 0 Å². The van der Waals surface area contributed by atoms with Crippen molar-refractivity contribution in [2.24, 2.45) is 0 Å². The molecule has 3 heteroatoms. The SMILES string of the molecule is COC1CCCCC1n1cc(C(C)(C)C)cn1. The second-order valence-corrected chi connectivity index (χ2v) is 6.08. The summed E-state index contributed by atoms with van der Waals surface area (Å²) in [4.78, 5) is 0. The van der Waals surface area contributed by atoms with Gasteiger partial charge in [-0.1, -0.05) is 33.6 Å². The maximum Gasteiger partial charge on any atom is 0.0795 e. The van der Waals surface area contributed by atoms with Crippen molar-refractivity contribution < 1.29 is 4.74 Å². The summed E-state index contributed by atoms with van der Waals surface area (Å²) >= 11 is 0. The first-order valence-electron chi connectivity index (χ1n) is 6.60. The van der Waals surface area contributed by atoms with Crippen LogP contribution in [-0.2, 0) is 10.2 Å². The van der Waals surface area contributed by atoms with Crippen LogP contribution >= 0.6 is 0 Å². The average molecular weight is 236 g/mol. The fourth-order valence-electron chi connectivity index (χ4n) is 2.56. The zero-order valence-electron chi connectivity index (χ0n) is 11.4. The molecular formula is C14H24N2O. The molecule has 0 amide bonds. The molecule has 0 aromatic carbocycles. The summed E-state index contributed by atoms with van der Waals surface area (Å²) in [6, 6.07) is 0.421. The highest BCUT2D eigenvalue weighted by atomic mass is 16.5. The minimum atomic E-state index is 0.176. The van der Waals surface area contributed by atoms with Gasteiger partial charge < -0.3 is 4.74 Å². The van der Waals surface area contributed by atoms with E-state index < -0.39 is 0 Å². The van der Waals surface area contributed by atoms with Crippen LogP contribution in [0, 0.1) is 0 Å². The van der Waals surface area contributed by atoms with Gasteiger partial charge in [0.05, 0.1) is 18.3 Å². The second kappa shape index (κ2) is 4.81. The molecule has 1 aromatic rings. The summed E-state index contributed by atoms with van der Waals surface area (Å²) in [5, 5.41) is 4.54. The number of nitrogens with zero attached hydrogens (tertiary/aromatic N) is 2. The summed E-state index contributed by atoms with van der Waals surface area (Å²) in [5.74, 6) is 0. The van der Waals surface area contributed by atoms with Crippen molar-refractivity contribution >= 4 is 0 Å². The zero-order chi connectivity index (χ0) is 12.5. The van der Waals surface area contributed by atoms with E-state index in [4.69, 9.17) is 4.74 Å². The van der Waals surface area contributed by atoms with Crippen molar-refractivity contribution in [2.45, 2.75) is 64.0 Å². The Morgan fingerprint density at radius 2 is 2.00 bits per heavy atom. The Bertz CT molecular complexity index is 365. The van der Waals surface area contributed by atoms with E-state index in [1.807, 2.05) is 13.3 Å². The number of hydrogen-bond donors (Lipinski definition) is 0. The molecule has 0 saturated heterocycles. The molecule has 2 atom stereocenters.